The number of hydrogen-bond acceptors (Lipinski definition) is 4. The summed E-state index contributed by atoms with van der Waals surface area (Å²) < 4.78 is 12.3. The minimum absolute atomic E-state index is 0.0729. The number of rotatable bonds is 4. The molecule has 1 aromatic heterocycles. The van der Waals surface area contributed by atoms with E-state index < -0.39 is 10.8 Å². The van der Waals surface area contributed by atoms with E-state index in [-0.39, 0.29) is 11.2 Å². The van der Waals surface area contributed by atoms with Crippen molar-refractivity contribution in [2.75, 3.05) is 18.5 Å². The van der Waals surface area contributed by atoms with E-state index in [1.807, 2.05) is 32.0 Å². The highest BCUT2D eigenvalue weighted by molar-refractivity contribution is 7.84. The van der Waals surface area contributed by atoms with Gasteiger partial charge in [-0.05, 0) is 19.4 Å². The molecule has 2 atom stereocenters. The molecule has 1 aromatic carbocycles. The van der Waals surface area contributed by atoms with Crippen LogP contribution in [0.25, 0.3) is 10.1 Å². The molecule has 108 valence electrons. The maximum atomic E-state index is 12.2. The third-order valence-corrected chi connectivity index (χ3v) is 5.93. The van der Waals surface area contributed by atoms with E-state index in [0.717, 1.165) is 15.6 Å². The zero-order valence-electron chi connectivity index (χ0n) is 11.7. The standard InChI is InChI=1S/C14H18N2O2S2/c1-8-5-4-6-10-11(15)13(19-12(8)10)14(17)16-7-9(2)20(3)18/h4-6,9H,7,15H2,1-3H3,(H,16,17). The molecule has 3 N–H and O–H groups in total. The average molecular weight is 310 g/mol. The summed E-state index contributed by atoms with van der Waals surface area (Å²) in [4.78, 5) is 12.7. The van der Waals surface area contributed by atoms with E-state index in [9.17, 15) is 9.00 Å². The third-order valence-electron chi connectivity index (χ3n) is 3.27. The van der Waals surface area contributed by atoms with Gasteiger partial charge in [0.1, 0.15) is 4.88 Å². The quantitative estimate of drug-likeness (QED) is 0.910. The van der Waals surface area contributed by atoms with Crippen LogP contribution in [0.2, 0.25) is 0 Å². The first-order chi connectivity index (χ1) is 9.41. The molecule has 20 heavy (non-hydrogen) atoms. The Balaban J connectivity index is 2.25. The molecule has 4 nitrogen and oxygen atoms in total. The number of thiophene rings is 1. The second kappa shape index (κ2) is 5.93. The Morgan fingerprint density at radius 2 is 2.20 bits per heavy atom. The molecule has 1 heterocycles. The highest BCUT2D eigenvalue weighted by Gasteiger charge is 2.18. The molecule has 0 fully saturated rings. The number of carbonyl (C=O) groups excluding carboxylic acids is 1. The molecular weight excluding hydrogens is 292 g/mol. The van der Waals surface area contributed by atoms with Crippen LogP contribution in [-0.2, 0) is 10.8 Å². The molecule has 2 aromatic rings. The van der Waals surface area contributed by atoms with Crippen molar-refractivity contribution >= 4 is 43.8 Å². The molecule has 6 heteroatoms. The Morgan fingerprint density at radius 3 is 2.80 bits per heavy atom. The molecule has 0 saturated carbocycles. The van der Waals surface area contributed by atoms with Crippen molar-refractivity contribution in [1.82, 2.24) is 5.32 Å². The van der Waals surface area contributed by atoms with E-state index in [0.29, 0.717) is 17.1 Å². The number of anilines is 1. The molecule has 0 saturated heterocycles. The van der Waals surface area contributed by atoms with Gasteiger partial charge >= 0.3 is 0 Å². The molecule has 0 bridgehead atoms. The van der Waals surface area contributed by atoms with E-state index in [1.54, 1.807) is 6.26 Å². The molecule has 2 unspecified atom stereocenters. The number of nitrogens with two attached hydrogens (primary N) is 1. The molecule has 2 rings (SSSR count). The normalized spacial score (nSPS) is 14.2. The molecule has 0 radical (unpaired) electrons. The maximum Gasteiger partial charge on any atom is 0.263 e. The third kappa shape index (κ3) is 2.86. The van der Waals surface area contributed by atoms with E-state index >= 15 is 0 Å². The van der Waals surface area contributed by atoms with Gasteiger partial charge in [0.15, 0.2) is 0 Å². The number of hydrogen-bond donors (Lipinski definition) is 2. The summed E-state index contributed by atoms with van der Waals surface area (Å²) in [5, 5.41) is 3.65. The van der Waals surface area contributed by atoms with Gasteiger partial charge in [0.05, 0.1) is 5.69 Å². The van der Waals surface area contributed by atoms with Crippen molar-refractivity contribution in [2.45, 2.75) is 19.1 Å². The number of nitrogens with one attached hydrogen (secondary N) is 1. The molecule has 1 amide bonds. The Bertz CT molecular complexity index is 679. The zero-order chi connectivity index (χ0) is 14.9. The highest BCUT2D eigenvalue weighted by Crippen LogP contribution is 2.35. The summed E-state index contributed by atoms with van der Waals surface area (Å²) in [5.74, 6) is -0.194. The van der Waals surface area contributed by atoms with Crippen molar-refractivity contribution in [3.8, 4) is 0 Å². The Morgan fingerprint density at radius 1 is 1.50 bits per heavy atom. The number of benzene rings is 1. The second-order valence-corrected chi connectivity index (χ2v) is 7.64. The van der Waals surface area contributed by atoms with E-state index in [4.69, 9.17) is 5.73 Å². The Labute approximate surface area is 124 Å². The predicted octanol–water partition coefficient (Wildman–Crippen LogP) is 2.29. The number of amides is 1. The molecule has 0 aliphatic rings. The monoisotopic (exact) mass is 310 g/mol. The summed E-state index contributed by atoms with van der Waals surface area (Å²) in [6.45, 7) is 4.23. The zero-order valence-corrected chi connectivity index (χ0v) is 13.4. The van der Waals surface area contributed by atoms with Crippen LogP contribution in [-0.4, -0.2) is 28.2 Å². The van der Waals surface area contributed by atoms with Crippen molar-refractivity contribution in [3.63, 3.8) is 0 Å². The number of aryl methyl sites for hydroxylation is 1. The van der Waals surface area contributed by atoms with Gasteiger partial charge in [-0.2, -0.15) is 0 Å². The number of fused-ring (bicyclic) bond motifs is 1. The van der Waals surface area contributed by atoms with Crippen molar-refractivity contribution < 1.29 is 9.00 Å². The van der Waals surface area contributed by atoms with Crippen molar-refractivity contribution in [3.05, 3.63) is 28.6 Å². The topological polar surface area (TPSA) is 72.2 Å². The summed E-state index contributed by atoms with van der Waals surface area (Å²) >= 11 is 1.41. The minimum atomic E-state index is -0.949. The van der Waals surface area contributed by atoms with Gasteiger partial charge in [0.25, 0.3) is 5.91 Å². The van der Waals surface area contributed by atoms with Crippen molar-refractivity contribution in [1.29, 1.82) is 0 Å². The van der Waals surface area contributed by atoms with Gasteiger partial charge in [-0.3, -0.25) is 9.00 Å². The van der Waals surface area contributed by atoms with Gasteiger partial charge in [0, 0.05) is 38.9 Å². The van der Waals surface area contributed by atoms with Crippen LogP contribution in [0, 0.1) is 6.92 Å². The largest absolute Gasteiger partial charge is 0.397 e. The van der Waals surface area contributed by atoms with Crippen molar-refractivity contribution in [2.24, 2.45) is 0 Å². The predicted molar refractivity (Wildman–Crippen MR) is 86.8 cm³/mol. The lowest BCUT2D eigenvalue weighted by molar-refractivity contribution is 0.0959. The lowest BCUT2D eigenvalue weighted by Crippen LogP contribution is -2.32. The number of carbonyl (C=O) groups is 1. The van der Waals surface area contributed by atoms with Gasteiger partial charge in [0.2, 0.25) is 0 Å². The number of nitrogen functional groups attached to an aromatic ring is 1. The Kier molecular flexibility index (Phi) is 4.45. The fraction of sp³-hybridized carbons (Fsp3) is 0.357. The van der Waals surface area contributed by atoms with Gasteiger partial charge in [-0.1, -0.05) is 18.2 Å². The Hall–Kier alpha value is -1.40. The summed E-state index contributed by atoms with van der Waals surface area (Å²) in [5.41, 5.74) is 7.70. The van der Waals surface area contributed by atoms with E-state index in [1.165, 1.54) is 11.3 Å². The first-order valence-corrected chi connectivity index (χ1v) is 8.73. The molecule has 0 aliphatic heterocycles. The molecule has 0 spiro atoms. The van der Waals surface area contributed by atoms with Crippen LogP contribution in [0.5, 0.6) is 0 Å². The van der Waals surface area contributed by atoms with Gasteiger partial charge in [-0.15, -0.1) is 11.3 Å². The summed E-state index contributed by atoms with van der Waals surface area (Å²) in [7, 11) is -0.949. The van der Waals surface area contributed by atoms with E-state index in [2.05, 4.69) is 5.32 Å². The van der Waals surface area contributed by atoms with Gasteiger partial charge < -0.3 is 11.1 Å². The smallest absolute Gasteiger partial charge is 0.263 e. The van der Waals surface area contributed by atoms with Crippen LogP contribution in [0.15, 0.2) is 18.2 Å². The SMILES string of the molecule is Cc1cccc2c(N)c(C(=O)NCC(C)S(C)=O)sc12. The second-order valence-electron chi connectivity index (χ2n) is 4.82. The summed E-state index contributed by atoms with van der Waals surface area (Å²) in [6.07, 6.45) is 1.63. The molecular formula is C14H18N2O2S2. The minimum Gasteiger partial charge on any atom is -0.397 e. The van der Waals surface area contributed by atoms with Crippen LogP contribution < -0.4 is 11.1 Å². The van der Waals surface area contributed by atoms with Crippen LogP contribution in [0.3, 0.4) is 0 Å². The first kappa shape index (κ1) is 15.0. The van der Waals surface area contributed by atoms with Crippen LogP contribution in [0.1, 0.15) is 22.2 Å². The fourth-order valence-electron chi connectivity index (χ4n) is 1.88. The fourth-order valence-corrected chi connectivity index (χ4v) is 3.31. The summed E-state index contributed by atoms with van der Waals surface area (Å²) in [6, 6.07) is 5.86. The highest BCUT2D eigenvalue weighted by atomic mass is 32.2. The maximum absolute atomic E-state index is 12.2. The molecule has 0 aliphatic carbocycles. The van der Waals surface area contributed by atoms with Gasteiger partial charge in [-0.25, -0.2) is 0 Å². The van der Waals surface area contributed by atoms with Crippen LogP contribution >= 0.6 is 11.3 Å². The lowest BCUT2D eigenvalue weighted by Gasteiger charge is -2.09. The average Bonchev–Trinajstić information content (AvgIpc) is 2.75. The lowest BCUT2D eigenvalue weighted by atomic mass is 10.1. The first-order valence-electron chi connectivity index (χ1n) is 6.29. The van der Waals surface area contributed by atoms with Crippen LogP contribution in [0.4, 0.5) is 5.69 Å².